The van der Waals surface area contributed by atoms with Crippen molar-refractivity contribution in [1.29, 1.82) is 0 Å². The second kappa shape index (κ2) is 44.3. The molecule has 1 fully saturated rings. The SMILES string of the molecule is C.C/C(F)=C(/C)F.C=C(C)C(C)=O.C=CC(C)=O.C=Cc1ccccc1.CC.CC.CCC.CCC1CO1. The van der Waals surface area contributed by atoms with Gasteiger partial charge in [-0.3, -0.25) is 9.59 Å². The molecule has 0 saturated carbocycles. The number of halogens is 2. The number of Topliss-reactive ketones (excluding diaryl/α,β-unsaturated/α-hetero) is 1. The van der Waals surface area contributed by atoms with Crippen LogP contribution in [0.5, 0.6) is 0 Å². The predicted octanol–water partition coefficient (Wildman–Crippen LogP) is 11.3. The van der Waals surface area contributed by atoms with Gasteiger partial charge in [-0.2, -0.15) is 0 Å². The van der Waals surface area contributed by atoms with E-state index in [1.807, 2.05) is 64.1 Å². The van der Waals surface area contributed by atoms with Crippen LogP contribution in [0.1, 0.15) is 109 Å². The van der Waals surface area contributed by atoms with Gasteiger partial charge in [-0.05, 0) is 58.3 Å². The molecule has 1 unspecified atom stereocenters. The topological polar surface area (TPSA) is 46.7 Å². The molecule has 1 aromatic rings. The maximum absolute atomic E-state index is 11.3. The Kier molecular flexibility index (Phi) is 60.5. The first kappa shape index (κ1) is 51.9. The molecule has 1 heterocycles. The van der Waals surface area contributed by atoms with Crippen molar-refractivity contribution in [1.82, 2.24) is 0 Å². The zero-order valence-corrected chi connectivity index (χ0v) is 25.8. The third-order valence-corrected chi connectivity index (χ3v) is 3.26. The smallest absolute Gasteiger partial charge is 0.154 e. The third kappa shape index (κ3) is 69.9. The largest absolute Gasteiger partial charge is 0.373 e. The second-order valence-electron chi connectivity index (χ2n) is 6.90. The van der Waals surface area contributed by atoms with E-state index in [1.54, 1.807) is 6.92 Å². The summed E-state index contributed by atoms with van der Waals surface area (Å²) in [6.45, 7) is 32.5. The van der Waals surface area contributed by atoms with Gasteiger partial charge in [0.15, 0.2) is 11.6 Å². The van der Waals surface area contributed by atoms with Gasteiger partial charge in [0.05, 0.1) is 12.7 Å². The van der Waals surface area contributed by atoms with Gasteiger partial charge in [-0.15, -0.1) is 0 Å². The first-order valence-electron chi connectivity index (χ1n) is 12.9. The van der Waals surface area contributed by atoms with Crippen LogP contribution in [-0.4, -0.2) is 24.3 Å². The minimum Gasteiger partial charge on any atom is -0.373 e. The Labute approximate surface area is 235 Å². The molecule has 0 N–H and O–H groups in total. The van der Waals surface area contributed by atoms with E-state index in [4.69, 9.17) is 4.74 Å². The Bertz CT molecular complexity index is 659. The molecule has 0 radical (unpaired) electrons. The quantitative estimate of drug-likeness (QED) is 0.281. The molecule has 1 saturated heterocycles. The summed E-state index contributed by atoms with van der Waals surface area (Å²) >= 11 is 0. The summed E-state index contributed by atoms with van der Waals surface area (Å²) in [7, 11) is 0. The van der Waals surface area contributed by atoms with Crippen molar-refractivity contribution < 1.29 is 23.1 Å². The summed E-state index contributed by atoms with van der Waals surface area (Å²) in [6.07, 6.45) is 6.19. The fourth-order valence-corrected chi connectivity index (χ4v) is 0.893. The highest BCUT2D eigenvalue weighted by Crippen LogP contribution is 2.10. The fraction of sp³-hybridized carbons (Fsp3) is 0.515. The van der Waals surface area contributed by atoms with E-state index in [2.05, 4.69) is 40.5 Å². The summed E-state index contributed by atoms with van der Waals surface area (Å²) in [4.78, 5) is 19.7. The van der Waals surface area contributed by atoms with Gasteiger partial charge in [0.1, 0.15) is 11.7 Å². The second-order valence-corrected chi connectivity index (χ2v) is 6.90. The fourth-order valence-electron chi connectivity index (χ4n) is 0.893. The Hall–Kier alpha value is -2.66. The van der Waals surface area contributed by atoms with Crippen molar-refractivity contribution in [2.24, 2.45) is 0 Å². The molecule has 1 aromatic carbocycles. The van der Waals surface area contributed by atoms with E-state index in [-0.39, 0.29) is 19.0 Å². The Balaban J connectivity index is -0.0000000598. The minimum absolute atomic E-state index is 0. The van der Waals surface area contributed by atoms with Crippen molar-refractivity contribution in [3.8, 4) is 0 Å². The van der Waals surface area contributed by atoms with Gasteiger partial charge in [-0.25, -0.2) is 8.78 Å². The van der Waals surface area contributed by atoms with Crippen LogP contribution in [0.25, 0.3) is 6.08 Å². The maximum Gasteiger partial charge on any atom is 0.154 e. The van der Waals surface area contributed by atoms with E-state index in [0.717, 1.165) is 20.5 Å². The first-order valence-corrected chi connectivity index (χ1v) is 12.9. The zero-order valence-electron chi connectivity index (χ0n) is 25.8. The van der Waals surface area contributed by atoms with Crippen LogP contribution in [-0.2, 0) is 14.3 Å². The lowest BCUT2D eigenvalue weighted by Gasteiger charge is -1.85. The predicted molar refractivity (Wildman–Crippen MR) is 169 cm³/mol. The van der Waals surface area contributed by atoms with Crippen molar-refractivity contribution in [2.45, 2.75) is 109 Å². The number of hydrogen-bond donors (Lipinski definition) is 0. The van der Waals surface area contributed by atoms with Crippen LogP contribution >= 0.6 is 0 Å². The molecule has 3 nitrogen and oxygen atoms in total. The van der Waals surface area contributed by atoms with Crippen LogP contribution in [0.2, 0.25) is 0 Å². The van der Waals surface area contributed by atoms with Gasteiger partial charge in [0, 0.05) is 0 Å². The van der Waals surface area contributed by atoms with Crippen molar-refractivity contribution in [3.63, 3.8) is 0 Å². The molecule has 38 heavy (non-hydrogen) atoms. The number of carbonyl (C=O) groups is 2. The minimum atomic E-state index is -0.741. The molecule has 1 aliphatic rings. The highest BCUT2D eigenvalue weighted by molar-refractivity contribution is 5.91. The van der Waals surface area contributed by atoms with Crippen molar-refractivity contribution in [3.05, 3.63) is 78.9 Å². The maximum atomic E-state index is 11.3. The van der Waals surface area contributed by atoms with Gasteiger partial charge in [0.2, 0.25) is 0 Å². The Morgan fingerprint density at radius 1 is 0.895 bits per heavy atom. The van der Waals surface area contributed by atoms with Gasteiger partial charge in [0.25, 0.3) is 0 Å². The number of ether oxygens (including phenoxy) is 1. The average molecular weight is 543 g/mol. The van der Waals surface area contributed by atoms with Gasteiger partial charge in [-0.1, -0.05) is 118 Å². The lowest BCUT2D eigenvalue weighted by atomic mass is 10.2. The number of allylic oxidation sites excluding steroid dienone is 4. The zero-order chi connectivity index (χ0) is 30.8. The van der Waals surface area contributed by atoms with Crippen LogP contribution in [0.3, 0.4) is 0 Å². The monoisotopic (exact) mass is 542 g/mol. The van der Waals surface area contributed by atoms with E-state index in [1.165, 1.54) is 38.3 Å². The first-order chi connectivity index (χ1) is 17.3. The van der Waals surface area contributed by atoms with Crippen LogP contribution in [0, 0.1) is 0 Å². The van der Waals surface area contributed by atoms with Crippen molar-refractivity contribution in [2.75, 3.05) is 6.61 Å². The molecule has 5 heteroatoms. The number of hydrogen-bond acceptors (Lipinski definition) is 3. The molecule has 1 atom stereocenters. The summed E-state index contributed by atoms with van der Waals surface area (Å²) in [5.41, 5.74) is 1.79. The highest BCUT2D eigenvalue weighted by Gasteiger charge is 2.18. The van der Waals surface area contributed by atoms with Crippen molar-refractivity contribution >= 4 is 17.6 Å². The number of carbonyl (C=O) groups excluding carboxylic acids is 2. The summed E-state index contributed by atoms with van der Waals surface area (Å²) < 4.78 is 27.5. The molecule has 0 aromatic heterocycles. The van der Waals surface area contributed by atoms with E-state index >= 15 is 0 Å². The molecular formula is C33H60F2O3. The Morgan fingerprint density at radius 2 is 1.18 bits per heavy atom. The summed E-state index contributed by atoms with van der Waals surface area (Å²) in [5.74, 6) is -1.40. The molecule has 1 aliphatic heterocycles. The summed E-state index contributed by atoms with van der Waals surface area (Å²) in [5, 5.41) is 0. The molecule has 224 valence electrons. The van der Waals surface area contributed by atoms with E-state index < -0.39 is 11.7 Å². The molecule has 0 amide bonds. The lowest BCUT2D eigenvalue weighted by molar-refractivity contribution is -0.114. The third-order valence-electron chi connectivity index (χ3n) is 3.26. The normalized spacial score (nSPS) is 11.4. The molecule has 0 aliphatic carbocycles. The summed E-state index contributed by atoms with van der Waals surface area (Å²) in [6, 6.07) is 10.0. The van der Waals surface area contributed by atoms with Gasteiger partial charge >= 0.3 is 0 Å². The Morgan fingerprint density at radius 3 is 1.26 bits per heavy atom. The van der Waals surface area contributed by atoms with Crippen LogP contribution in [0.4, 0.5) is 8.78 Å². The number of rotatable bonds is 4. The lowest BCUT2D eigenvalue weighted by Crippen LogP contribution is -1.86. The van der Waals surface area contributed by atoms with Gasteiger partial charge < -0.3 is 4.74 Å². The molecule has 0 bridgehead atoms. The number of benzene rings is 1. The van der Waals surface area contributed by atoms with Crippen LogP contribution in [0.15, 0.2) is 73.4 Å². The average Bonchev–Trinajstić information content (AvgIpc) is 3.74. The number of ketones is 2. The van der Waals surface area contributed by atoms with Crippen LogP contribution < -0.4 is 0 Å². The molecule has 0 spiro atoms. The standard InChI is InChI=1S/C8H8.C5H8O.C4H6F2.C4H8O.C4H6O.C3H8.2C2H6.CH4/c1-2-8-6-4-3-5-7-8;1-4(2)5(3)6;1-3(5)4(2)6;1-2-4-3-5-4;1-3-4(2)5;1-3-2;2*1-2;/h2-7H,1H2;1H2,2-3H3;1-2H3;4H,2-3H2,1H3;3H,1H2,2H3;3H2,1-2H3;2*1-2H3;1H4/b;;4-3+;;;;;;. The molecular weight excluding hydrogens is 482 g/mol. The van der Waals surface area contributed by atoms with E-state index in [0.29, 0.717) is 11.7 Å². The van der Waals surface area contributed by atoms with E-state index in [9.17, 15) is 18.4 Å². The highest BCUT2D eigenvalue weighted by atomic mass is 19.2. The number of epoxide rings is 1. The molecule has 2 rings (SSSR count).